The Balaban J connectivity index is 2.40. The topological polar surface area (TPSA) is 63.4 Å². The van der Waals surface area contributed by atoms with Gasteiger partial charge in [-0.05, 0) is 55.4 Å². The fourth-order valence-electron chi connectivity index (χ4n) is 2.73. The monoisotopic (exact) mass is 296 g/mol. The Hall–Kier alpha value is -1.07. The highest BCUT2D eigenvalue weighted by Crippen LogP contribution is 2.32. The largest absolute Gasteiger partial charge is 0.398 e. The standard InChI is InChI=1S/C15H24N2O2S/c1-11-8-13(9-14(16)12(11)2)20(18,19)17-7-5-6-15(3,4)10-17/h8-9H,5-7,10,16H2,1-4H3. The van der Waals surface area contributed by atoms with E-state index in [1.54, 1.807) is 16.4 Å². The van der Waals surface area contributed by atoms with Crippen LogP contribution in [0.3, 0.4) is 0 Å². The Morgan fingerprint density at radius 2 is 1.90 bits per heavy atom. The quantitative estimate of drug-likeness (QED) is 0.853. The second-order valence-electron chi connectivity index (χ2n) is 6.56. The van der Waals surface area contributed by atoms with Crippen molar-refractivity contribution in [1.29, 1.82) is 0 Å². The van der Waals surface area contributed by atoms with E-state index in [1.807, 2.05) is 13.8 Å². The van der Waals surface area contributed by atoms with Gasteiger partial charge in [0.15, 0.2) is 0 Å². The summed E-state index contributed by atoms with van der Waals surface area (Å²) >= 11 is 0. The zero-order chi connectivity index (χ0) is 15.1. The maximum atomic E-state index is 12.8. The number of hydrogen-bond donors (Lipinski definition) is 1. The molecule has 0 atom stereocenters. The molecule has 0 radical (unpaired) electrons. The first kappa shape index (κ1) is 15.3. The molecule has 0 bridgehead atoms. The van der Waals surface area contributed by atoms with Gasteiger partial charge in [-0.3, -0.25) is 0 Å². The molecule has 1 aliphatic heterocycles. The van der Waals surface area contributed by atoms with Crippen LogP contribution in [-0.2, 0) is 10.0 Å². The summed E-state index contributed by atoms with van der Waals surface area (Å²) in [5.41, 5.74) is 8.36. The third kappa shape index (κ3) is 2.83. The summed E-state index contributed by atoms with van der Waals surface area (Å²) in [6, 6.07) is 3.31. The first-order valence-electron chi connectivity index (χ1n) is 7.00. The molecule has 1 heterocycles. The predicted molar refractivity (Wildman–Crippen MR) is 82.1 cm³/mol. The van der Waals surface area contributed by atoms with Gasteiger partial charge in [0, 0.05) is 18.8 Å². The predicted octanol–water partition coefficient (Wildman–Crippen LogP) is 2.70. The minimum atomic E-state index is -3.44. The number of nitrogens with zero attached hydrogens (tertiary/aromatic N) is 1. The zero-order valence-electron chi connectivity index (χ0n) is 12.7. The number of hydrogen-bond acceptors (Lipinski definition) is 3. The summed E-state index contributed by atoms with van der Waals surface area (Å²) in [6.45, 7) is 9.20. The van der Waals surface area contributed by atoms with Gasteiger partial charge in [0.1, 0.15) is 0 Å². The average molecular weight is 296 g/mol. The number of piperidine rings is 1. The van der Waals surface area contributed by atoms with E-state index in [4.69, 9.17) is 5.73 Å². The van der Waals surface area contributed by atoms with Gasteiger partial charge in [0.2, 0.25) is 10.0 Å². The number of nitrogens with two attached hydrogens (primary N) is 1. The second-order valence-corrected chi connectivity index (χ2v) is 8.50. The molecule has 0 aromatic heterocycles. The maximum absolute atomic E-state index is 12.8. The van der Waals surface area contributed by atoms with Crippen LogP contribution in [0.2, 0.25) is 0 Å². The van der Waals surface area contributed by atoms with E-state index in [9.17, 15) is 8.42 Å². The summed E-state index contributed by atoms with van der Waals surface area (Å²) in [6.07, 6.45) is 1.97. The van der Waals surface area contributed by atoms with Crippen molar-refractivity contribution in [2.75, 3.05) is 18.8 Å². The highest BCUT2D eigenvalue weighted by Gasteiger charge is 2.34. The first-order chi connectivity index (χ1) is 9.13. The van der Waals surface area contributed by atoms with Gasteiger partial charge in [0.05, 0.1) is 4.90 Å². The Morgan fingerprint density at radius 3 is 2.45 bits per heavy atom. The summed E-state index contributed by atoms with van der Waals surface area (Å²) < 4.78 is 27.1. The lowest BCUT2D eigenvalue weighted by molar-refractivity contribution is 0.187. The van der Waals surface area contributed by atoms with Crippen LogP contribution < -0.4 is 5.73 Å². The van der Waals surface area contributed by atoms with Gasteiger partial charge < -0.3 is 5.73 Å². The van der Waals surface area contributed by atoms with Crippen LogP contribution in [0.25, 0.3) is 0 Å². The van der Waals surface area contributed by atoms with E-state index in [1.165, 1.54) is 0 Å². The third-order valence-corrected chi connectivity index (χ3v) is 6.01. The van der Waals surface area contributed by atoms with E-state index in [-0.39, 0.29) is 5.41 Å². The number of anilines is 1. The van der Waals surface area contributed by atoms with Crippen molar-refractivity contribution >= 4 is 15.7 Å². The summed E-state index contributed by atoms with van der Waals surface area (Å²) in [4.78, 5) is 0.316. The number of sulfonamides is 1. The Morgan fingerprint density at radius 1 is 1.25 bits per heavy atom. The fourth-order valence-corrected chi connectivity index (χ4v) is 4.51. The van der Waals surface area contributed by atoms with Crippen molar-refractivity contribution in [3.63, 3.8) is 0 Å². The molecule has 0 unspecified atom stereocenters. The van der Waals surface area contributed by atoms with Crippen LogP contribution in [0.4, 0.5) is 5.69 Å². The third-order valence-electron chi connectivity index (χ3n) is 4.18. The van der Waals surface area contributed by atoms with Crippen molar-refractivity contribution in [2.24, 2.45) is 5.41 Å². The molecule has 20 heavy (non-hydrogen) atoms. The lowest BCUT2D eigenvalue weighted by Crippen LogP contribution is -2.43. The second kappa shape index (κ2) is 5.04. The van der Waals surface area contributed by atoms with Gasteiger partial charge in [-0.2, -0.15) is 4.31 Å². The van der Waals surface area contributed by atoms with Crippen molar-refractivity contribution in [3.05, 3.63) is 23.3 Å². The van der Waals surface area contributed by atoms with Crippen LogP contribution >= 0.6 is 0 Å². The molecule has 1 aromatic rings. The SMILES string of the molecule is Cc1cc(S(=O)(=O)N2CCCC(C)(C)C2)cc(N)c1C. The van der Waals surface area contributed by atoms with Gasteiger partial charge in [-0.25, -0.2) is 8.42 Å². The van der Waals surface area contributed by atoms with E-state index in [0.717, 1.165) is 24.0 Å². The molecular formula is C15H24N2O2S. The molecule has 0 amide bonds. The molecule has 5 heteroatoms. The lowest BCUT2D eigenvalue weighted by Gasteiger charge is -2.37. The summed E-state index contributed by atoms with van der Waals surface area (Å²) in [5, 5.41) is 0. The van der Waals surface area contributed by atoms with E-state index in [0.29, 0.717) is 23.7 Å². The van der Waals surface area contributed by atoms with E-state index < -0.39 is 10.0 Å². The van der Waals surface area contributed by atoms with E-state index >= 15 is 0 Å². The van der Waals surface area contributed by atoms with Crippen molar-refractivity contribution in [1.82, 2.24) is 4.31 Å². The summed E-state index contributed by atoms with van der Waals surface area (Å²) in [5.74, 6) is 0. The molecule has 1 aromatic carbocycles. The molecule has 0 spiro atoms. The molecule has 0 aliphatic carbocycles. The molecule has 2 N–H and O–H groups in total. The molecule has 2 rings (SSSR count). The molecule has 1 aliphatic rings. The van der Waals surface area contributed by atoms with Crippen LogP contribution in [0.15, 0.2) is 17.0 Å². The Kier molecular flexibility index (Phi) is 3.86. The van der Waals surface area contributed by atoms with Gasteiger partial charge in [0.25, 0.3) is 0 Å². The van der Waals surface area contributed by atoms with E-state index in [2.05, 4.69) is 13.8 Å². The molecular weight excluding hydrogens is 272 g/mol. The van der Waals surface area contributed by atoms with Crippen LogP contribution in [0.5, 0.6) is 0 Å². The lowest BCUT2D eigenvalue weighted by atomic mass is 9.85. The van der Waals surface area contributed by atoms with Crippen molar-refractivity contribution in [3.8, 4) is 0 Å². The molecule has 112 valence electrons. The fraction of sp³-hybridized carbons (Fsp3) is 0.600. The number of nitrogen functional groups attached to an aromatic ring is 1. The van der Waals surface area contributed by atoms with Crippen molar-refractivity contribution in [2.45, 2.75) is 45.4 Å². The smallest absolute Gasteiger partial charge is 0.243 e. The Bertz CT molecular complexity index is 598. The summed E-state index contributed by atoms with van der Waals surface area (Å²) in [7, 11) is -3.44. The van der Waals surface area contributed by atoms with Crippen LogP contribution in [0.1, 0.15) is 37.8 Å². The number of rotatable bonds is 2. The minimum Gasteiger partial charge on any atom is -0.398 e. The number of aryl methyl sites for hydroxylation is 1. The first-order valence-corrected chi connectivity index (χ1v) is 8.44. The number of benzene rings is 1. The van der Waals surface area contributed by atoms with Crippen molar-refractivity contribution < 1.29 is 8.42 Å². The Labute approximate surface area is 122 Å². The highest BCUT2D eigenvalue weighted by atomic mass is 32.2. The minimum absolute atomic E-state index is 0.0383. The molecule has 1 saturated heterocycles. The highest BCUT2D eigenvalue weighted by molar-refractivity contribution is 7.89. The van der Waals surface area contributed by atoms with Crippen LogP contribution in [-0.4, -0.2) is 25.8 Å². The molecule has 0 saturated carbocycles. The van der Waals surface area contributed by atoms with Gasteiger partial charge in [-0.1, -0.05) is 13.8 Å². The molecule has 4 nitrogen and oxygen atoms in total. The average Bonchev–Trinajstić information content (AvgIpc) is 2.34. The van der Waals surface area contributed by atoms with Crippen LogP contribution in [0, 0.1) is 19.3 Å². The van der Waals surface area contributed by atoms with Gasteiger partial charge >= 0.3 is 0 Å². The van der Waals surface area contributed by atoms with Gasteiger partial charge in [-0.15, -0.1) is 0 Å². The normalized spacial score (nSPS) is 20.0. The molecule has 1 fully saturated rings. The maximum Gasteiger partial charge on any atom is 0.243 e. The zero-order valence-corrected chi connectivity index (χ0v) is 13.5.